The van der Waals surface area contributed by atoms with Gasteiger partial charge in [0.1, 0.15) is 0 Å². The summed E-state index contributed by atoms with van der Waals surface area (Å²) < 4.78 is 1.64. The van der Waals surface area contributed by atoms with Crippen LogP contribution in [0.4, 0.5) is 0 Å². The summed E-state index contributed by atoms with van der Waals surface area (Å²) in [4.78, 5) is 4.09. The van der Waals surface area contributed by atoms with E-state index < -0.39 is 0 Å². The van der Waals surface area contributed by atoms with Gasteiger partial charge in [0.05, 0.1) is 11.9 Å². The molecular formula is C6H7N5S. The third kappa shape index (κ3) is 1.10. The molecule has 2 aromatic rings. The van der Waals surface area contributed by atoms with E-state index in [1.165, 1.54) is 11.3 Å². The van der Waals surface area contributed by atoms with Crippen LogP contribution >= 0.6 is 11.3 Å². The van der Waals surface area contributed by atoms with Crippen LogP contribution < -0.4 is 5.73 Å². The average molecular weight is 181 g/mol. The zero-order chi connectivity index (χ0) is 8.39. The van der Waals surface area contributed by atoms with Crippen molar-refractivity contribution >= 4 is 11.3 Å². The van der Waals surface area contributed by atoms with Gasteiger partial charge in [0.15, 0.2) is 0 Å². The van der Waals surface area contributed by atoms with Crippen molar-refractivity contribution in [2.45, 2.75) is 6.54 Å². The van der Waals surface area contributed by atoms with Gasteiger partial charge in [-0.25, -0.2) is 4.98 Å². The Labute approximate surface area is 72.8 Å². The number of nitrogens with two attached hydrogens (primary N) is 1. The normalized spacial score (nSPS) is 10.4. The van der Waals surface area contributed by atoms with E-state index in [0.29, 0.717) is 6.54 Å². The number of hydrogen-bond acceptors (Lipinski definition) is 5. The number of thiazole rings is 1. The van der Waals surface area contributed by atoms with Crippen molar-refractivity contribution in [3.63, 3.8) is 0 Å². The highest BCUT2D eigenvalue weighted by atomic mass is 32.1. The van der Waals surface area contributed by atoms with Crippen molar-refractivity contribution in [1.29, 1.82) is 0 Å². The van der Waals surface area contributed by atoms with Gasteiger partial charge in [0, 0.05) is 18.1 Å². The molecular weight excluding hydrogens is 174 g/mol. The second-order valence-corrected chi connectivity index (χ2v) is 3.03. The summed E-state index contributed by atoms with van der Waals surface area (Å²) in [5.74, 6) is 0. The maximum Gasteiger partial charge on any atom is 0.211 e. The molecule has 62 valence electrons. The van der Waals surface area contributed by atoms with Crippen LogP contribution in [0.2, 0.25) is 0 Å². The lowest BCUT2D eigenvalue weighted by Crippen LogP contribution is -2.06. The largest absolute Gasteiger partial charge is 0.325 e. The predicted octanol–water partition coefficient (Wildman–Crippen LogP) is 0.182. The molecule has 2 heterocycles. The molecule has 6 heteroatoms. The topological polar surface area (TPSA) is 69.6 Å². The quantitative estimate of drug-likeness (QED) is 0.717. The summed E-state index contributed by atoms with van der Waals surface area (Å²) in [7, 11) is 0. The van der Waals surface area contributed by atoms with Gasteiger partial charge in [0.25, 0.3) is 0 Å². The van der Waals surface area contributed by atoms with E-state index in [1.54, 1.807) is 17.1 Å². The van der Waals surface area contributed by atoms with Crippen LogP contribution in [0, 0.1) is 0 Å². The maximum absolute atomic E-state index is 5.48. The van der Waals surface area contributed by atoms with Crippen molar-refractivity contribution < 1.29 is 0 Å². The SMILES string of the molecule is NCc1cnnn1-c1nccs1. The summed E-state index contributed by atoms with van der Waals surface area (Å²) >= 11 is 1.50. The molecule has 0 unspecified atom stereocenters. The van der Waals surface area contributed by atoms with Gasteiger partial charge in [-0.2, -0.15) is 4.68 Å². The molecule has 0 amide bonds. The Morgan fingerprint density at radius 3 is 3.17 bits per heavy atom. The Bertz CT molecular complexity index is 352. The van der Waals surface area contributed by atoms with Gasteiger partial charge >= 0.3 is 0 Å². The second kappa shape index (κ2) is 3.00. The zero-order valence-electron chi connectivity index (χ0n) is 6.21. The molecule has 0 aliphatic rings. The second-order valence-electron chi connectivity index (χ2n) is 2.16. The lowest BCUT2D eigenvalue weighted by Gasteiger charge is -1.96. The first-order valence-corrected chi connectivity index (χ1v) is 4.29. The molecule has 0 saturated heterocycles. The summed E-state index contributed by atoms with van der Waals surface area (Å²) in [6, 6.07) is 0. The fourth-order valence-electron chi connectivity index (χ4n) is 0.877. The molecule has 5 nitrogen and oxygen atoms in total. The molecule has 2 N–H and O–H groups in total. The first-order chi connectivity index (χ1) is 5.92. The van der Waals surface area contributed by atoms with Gasteiger partial charge in [-0.15, -0.1) is 16.4 Å². The Morgan fingerprint density at radius 2 is 2.50 bits per heavy atom. The molecule has 0 bridgehead atoms. The smallest absolute Gasteiger partial charge is 0.211 e. The predicted molar refractivity (Wildman–Crippen MR) is 44.9 cm³/mol. The molecule has 2 rings (SSSR count). The fraction of sp³-hybridized carbons (Fsp3) is 0.167. The molecule has 0 atom stereocenters. The zero-order valence-corrected chi connectivity index (χ0v) is 7.03. The van der Waals surface area contributed by atoms with Crippen LogP contribution in [0.25, 0.3) is 5.13 Å². The minimum atomic E-state index is 0.423. The molecule has 0 saturated carbocycles. The molecule has 0 spiro atoms. The van der Waals surface area contributed by atoms with E-state index in [2.05, 4.69) is 15.3 Å². The van der Waals surface area contributed by atoms with Gasteiger partial charge in [-0.3, -0.25) is 0 Å². The monoisotopic (exact) mass is 181 g/mol. The third-order valence-electron chi connectivity index (χ3n) is 1.43. The number of hydrogen-bond donors (Lipinski definition) is 1. The number of rotatable bonds is 2. The minimum Gasteiger partial charge on any atom is -0.325 e. The molecule has 0 aromatic carbocycles. The van der Waals surface area contributed by atoms with Gasteiger partial charge in [0.2, 0.25) is 5.13 Å². The highest BCUT2D eigenvalue weighted by Gasteiger charge is 2.05. The molecule has 12 heavy (non-hydrogen) atoms. The van der Waals surface area contributed by atoms with Gasteiger partial charge in [-0.05, 0) is 0 Å². The Morgan fingerprint density at radius 1 is 1.58 bits per heavy atom. The molecule has 0 aliphatic heterocycles. The van der Waals surface area contributed by atoms with Crippen LogP contribution in [0.5, 0.6) is 0 Å². The number of aromatic nitrogens is 4. The summed E-state index contributed by atoms with van der Waals surface area (Å²) in [5, 5.41) is 10.3. The van der Waals surface area contributed by atoms with E-state index in [9.17, 15) is 0 Å². The van der Waals surface area contributed by atoms with E-state index in [4.69, 9.17) is 5.73 Å². The third-order valence-corrected chi connectivity index (χ3v) is 2.18. The number of nitrogens with zero attached hydrogens (tertiary/aromatic N) is 4. The summed E-state index contributed by atoms with van der Waals surface area (Å²) in [6.45, 7) is 0.423. The molecule has 0 fully saturated rings. The summed E-state index contributed by atoms with van der Waals surface area (Å²) in [6.07, 6.45) is 3.36. The van der Waals surface area contributed by atoms with Gasteiger partial charge in [-0.1, -0.05) is 5.21 Å². The van der Waals surface area contributed by atoms with Crippen molar-refractivity contribution in [2.75, 3.05) is 0 Å². The van der Waals surface area contributed by atoms with Crippen LogP contribution in [-0.4, -0.2) is 20.0 Å². The Balaban J connectivity index is 2.46. The van der Waals surface area contributed by atoms with Crippen molar-refractivity contribution in [3.05, 3.63) is 23.5 Å². The van der Waals surface area contributed by atoms with E-state index in [1.807, 2.05) is 5.38 Å². The molecule has 0 radical (unpaired) electrons. The van der Waals surface area contributed by atoms with Gasteiger partial charge < -0.3 is 5.73 Å². The minimum absolute atomic E-state index is 0.423. The first-order valence-electron chi connectivity index (χ1n) is 3.41. The first kappa shape index (κ1) is 7.38. The van der Waals surface area contributed by atoms with Crippen LogP contribution in [-0.2, 0) is 6.54 Å². The standard InChI is InChI=1S/C6H7N5S/c7-3-5-4-9-10-11(5)6-8-1-2-12-6/h1-2,4H,3,7H2. The van der Waals surface area contributed by atoms with Crippen molar-refractivity contribution in [2.24, 2.45) is 5.73 Å². The van der Waals surface area contributed by atoms with Crippen LogP contribution in [0.3, 0.4) is 0 Å². The average Bonchev–Trinajstić information content (AvgIpc) is 2.74. The fourth-order valence-corrected chi connectivity index (χ4v) is 1.50. The lowest BCUT2D eigenvalue weighted by atomic mass is 10.5. The van der Waals surface area contributed by atoms with Crippen LogP contribution in [0.1, 0.15) is 5.69 Å². The van der Waals surface area contributed by atoms with E-state index in [-0.39, 0.29) is 0 Å². The Kier molecular flexibility index (Phi) is 1.84. The molecule has 0 aliphatic carbocycles. The highest BCUT2D eigenvalue weighted by molar-refractivity contribution is 7.12. The van der Waals surface area contributed by atoms with E-state index >= 15 is 0 Å². The lowest BCUT2D eigenvalue weighted by molar-refractivity contribution is 0.756. The summed E-state index contributed by atoms with van der Waals surface area (Å²) in [5.41, 5.74) is 6.34. The van der Waals surface area contributed by atoms with Crippen LogP contribution in [0.15, 0.2) is 17.8 Å². The van der Waals surface area contributed by atoms with E-state index in [0.717, 1.165) is 10.8 Å². The Hall–Kier alpha value is -1.27. The van der Waals surface area contributed by atoms with Crippen molar-refractivity contribution in [3.8, 4) is 5.13 Å². The highest BCUT2D eigenvalue weighted by Crippen LogP contribution is 2.10. The molecule has 2 aromatic heterocycles. The van der Waals surface area contributed by atoms with Crippen molar-refractivity contribution in [1.82, 2.24) is 20.0 Å². The maximum atomic E-state index is 5.48.